The van der Waals surface area contributed by atoms with Gasteiger partial charge in [-0.05, 0) is 19.3 Å². The van der Waals surface area contributed by atoms with Gasteiger partial charge in [0.2, 0.25) is 0 Å². The maximum Gasteiger partial charge on any atom is 0.309 e. The van der Waals surface area contributed by atoms with Crippen molar-refractivity contribution in [2.75, 3.05) is 13.2 Å². The Hall–Kier alpha value is -0.650. The van der Waals surface area contributed by atoms with Crippen LogP contribution in [0.1, 0.15) is 46.0 Å². The van der Waals surface area contributed by atoms with Crippen molar-refractivity contribution in [3.63, 3.8) is 0 Å². The van der Waals surface area contributed by atoms with Crippen LogP contribution in [0.4, 0.5) is 0 Å². The number of hydrogen-bond donors (Lipinski definition) is 2. The van der Waals surface area contributed by atoms with E-state index in [9.17, 15) is 15.0 Å². The first-order valence-corrected chi connectivity index (χ1v) is 7.24. The molecule has 0 aromatic heterocycles. The molecule has 0 aliphatic carbocycles. The van der Waals surface area contributed by atoms with Crippen molar-refractivity contribution in [2.45, 2.75) is 64.3 Å². The van der Waals surface area contributed by atoms with E-state index in [-0.39, 0.29) is 18.5 Å². The molecule has 3 atom stereocenters. The Labute approximate surface area is 114 Å². The molecule has 0 radical (unpaired) electrons. The quantitative estimate of drug-likeness (QED) is 0.683. The number of carbonyl (C=O) groups is 1. The molecule has 1 heterocycles. The lowest BCUT2D eigenvalue weighted by atomic mass is 9.98. The molecule has 1 aliphatic heterocycles. The van der Waals surface area contributed by atoms with Crippen LogP contribution in [0.25, 0.3) is 0 Å². The highest BCUT2D eigenvalue weighted by Crippen LogP contribution is 2.18. The molecule has 5 nitrogen and oxygen atoms in total. The minimum atomic E-state index is -0.975. The molecule has 19 heavy (non-hydrogen) atoms. The van der Waals surface area contributed by atoms with Gasteiger partial charge in [0.15, 0.2) is 0 Å². The van der Waals surface area contributed by atoms with Gasteiger partial charge in [0.05, 0.1) is 12.0 Å². The minimum absolute atomic E-state index is 0.0149. The summed E-state index contributed by atoms with van der Waals surface area (Å²) in [6, 6.07) is 0. The smallest absolute Gasteiger partial charge is 0.309 e. The number of rotatable bonds is 7. The second-order valence-corrected chi connectivity index (χ2v) is 5.16. The maximum atomic E-state index is 11.9. The largest absolute Gasteiger partial charge is 0.463 e. The predicted molar refractivity (Wildman–Crippen MR) is 70.6 cm³/mol. The molecule has 2 N–H and O–H groups in total. The van der Waals surface area contributed by atoms with Gasteiger partial charge in [-0.2, -0.15) is 0 Å². The van der Waals surface area contributed by atoms with Crippen LogP contribution in [-0.4, -0.2) is 47.7 Å². The van der Waals surface area contributed by atoms with Crippen LogP contribution in [0.5, 0.6) is 0 Å². The Bertz CT molecular complexity index is 263. The second kappa shape index (κ2) is 8.51. The van der Waals surface area contributed by atoms with E-state index in [1.807, 2.05) is 13.8 Å². The van der Waals surface area contributed by atoms with Gasteiger partial charge in [0.25, 0.3) is 0 Å². The maximum absolute atomic E-state index is 11.9. The van der Waals surface area contributed by atoms with Crippen LogP contribution in [0.15, 0.2) is 0 Å². The highest BCUT2D eigenvalue weighted by atomic mass is 16.6. The van der Waals surface area contributed by atoms with E-state index in [0.29, 0.717) is 13.0 Å². The van der Waals surface area contributed by atoms with Crippen LogP contribution in [-0.2, 0) is 14.3 Å². The number of ether oxygens (including phenoxy) is 2. The van der Waals surface area contributed by atoms with E-state index in [4.69, 9.17) is 9.47 Å². The van der Waals surface area contributed by atoms with Gasteiger partial charge >= 0.3 is 5.97 Å². The van der Waals surface area contributed by atoms with Crippen molar-refractivity contribution >= 4 is 5.97 Å². The van der Waals surface area contributed by atoms with E-state index < -0.39 is 18.3 Å². The SMILES string of the molecule is CCCC(CCC)C(=O)OCC1OCCC(O)C1O. The van der Waals surface area contributed by atoms with Gasteiger partial charge in [-0.15, -0.1) is 0 Å². The highest BCUT2D eigenvalue weighted by Gasteiger charge is 2.32. The zero-order valence-corrected chi connectivity index (χ0v) is 11.9. The summed E-state index contributed by atoms with van der Waals surface area (Å²) in [6.07, 6.45) is 1.57. The van der Waals surface area contributed by atoms with Crippen molar-refractivity contribution in [3.05, 3.63) is 0 Å². The fourth-order valence-electron chi connectivity index (χ4n) is 2.36. The predicted octanol–water partition coefficient (Wildman–Crippen LogP) is 1.26. The van der Waals surface area contributed by atoms with Gasteiger partial charge in [-0.25, -0.2) is 0 Å². The molecule has 0 amide bonds. The third-order valence-corrected chi connectivity index (χ3v) is 3.52. The summed E-state index contributed by atoms with van der Waals surface area (Å²) in [5.41, 5.74) is 0. The second-order valence-electron chi connectivity index (χ2n) is 5.16. The molecule has 3 unspecified atom stereocenters. The molecule has 112 valence electrons. The summed E-state index contributed by atoms with van der Waals surface area (Å²) in [5.74, 6) is -0.291. The summed E-state index contributed by atoms with van der Waals surface area (Å²) in [5, 5.41) is 19.2. The van der Waals surface area contributed by atoms with Gasteiger partial charge < -0.3 is 19.7 Å². The monoisotopic (exact) mass is 274 g/mol. The topological polar surface area (TPSA) is 76.0 Å². The lowest BCUT2D eigenvalue weighted by molar-refractivity contribution is -0.172. The Morgan fingerprint density at radius 1 is 1.32 bits per heavy atom. The molecule has 1 aliphatic rings. The Balaban J connectivity index is 2.39. The number of carbonyl (C=O) groups excluding carboxylic acids is 1. The summed E-state index contributed by atoms with van der Waals surface area (Å²) < 4.78 is 10.6. The molecule has 5 heteroatoms. The third kappa shape index (κ3) is 5.09. The summed E-state index contributed by atoms with van der Waals surface area (Å²) >= 11 is 0. The van der Waals surface area contributed by atoms with Crippen molar-refractivity contribution in [2.24, 2.45) is 5.92 Å². The first-order chi connectivity index (χ1) is 9.10. The molecule has 1 rings (SSSR count). The average Bonchev–Trinajstić information content (AvgIpc) is 2.40. The van der Waals surface area contributed by atoms with E-state index in [1.54, 1.807) is 0 Å². The summed E-state index contributed by atoms with van der Waals surface area (Å²) in [6.45, 7) is 4.48. The van der Waals surface area contributed by atoms with E-state index in [2.05, 4.69) is 0 Å². The third-order valence-electron chi connectivity index (χ3n) is 3.52. The fourth-order valence-corrected chi connectivity index (χ4v) is 2.36. The van der Waals surface area contributed by atoms with Crippen LogP contribution < -0.4 is 0 Å². The lowest BCUT2D eigenvalue weighted by Crippen LogP contribution is -2.47. The Morgan fingerprint density at radius 2 is 1.95 bits per heavy atom. The number of esters is 1. The van der Waals surface area contributed by atoms with Gasteiger partial charge in [-0.1, -0.05) is 26.7 Å². The highest BCUT2D eigenvalue weighted by molar-refractivity contribution is 5.72. The van der Waals surface area contributed by atoms with Crippen LogP contribution in [0.3, 0.4) is 0 Å². The van der Waals surface area contributed by atoms with E-state index in [0.717, 1.165) is 25.7 Å². The molecule has 0 aromatic rings. The molecular weight excluding hydrogens is 248 g/mol. The van der Waals surface area contributed by atoms with Crippen molar-refractivity contribution in [1.82, 2.24) is 0 Å². The normalized spacial score (nSPS) is 27.5. The van der Waals surface area contributed by atoms with Gasteiger partial charge in [0.1, 0.15) is 18.8 Å². The summed E-state index contributed by atoms with van der Waals surface area (Å²) in [7, 11) is 0. The number of hydrogen-bond acceptors (Lipinski definition) is 5. The van der Waals surface area contributed by atoms with Crippen molar-refractivity contribution in [3.8, 4) is 0 Å². The minimum Gasteiger partial charge on any atom is -0.463 e. The van der Waals surface area contributed by atoms with Crippen LogP contribution >= 0.6 is 0 Å². The molecule has 0 bridgehead atoms. The first kappa shape index (κ1) is 16.4. The standard InChI is InChI=1S/C14H26O5/c1-3-5-10(6-4-2)14(17)19-9-12-13(16)11(15)7-8-18-12/h10-13,15-16H,3-9H2,1-2H3. The molecule has 0 spiro atoms. The molecule has 0 aromatic carbocycles. The number of aliphatic hydroxyl groups excluding tert-OH is 2. The van der Waals surface area contributed by atoms with Crippen LogP contribution in [0, 0.1) is 5.92 Å². The number of aliphatic hydroxyl groups is 2. The van der Waals surface area contributed by atoms with Gasteiger partial charge in [0, 0.05) is 6.61 Å². The van der Waals surface area contributed by atoms with E-state index in [1.165, 1.54) is 0 Å². The zero-order chi connectivity index (χ0) is 14.3. The lowest BCUT2D eigenvalue weighted by Gasteiger charge is -2.31. The Kier molecular flexibility index (Phi) is 7.34. The molecular formula is C14H26O5. The average molecular weight is 274 g/mol. The van der Waals surface area contributed by atoms with E-state index >= 15 is 0 Å². The van der Waals surface area contributed by atoms with Gasteiger partial charge in [-0.3, -0.25) is 4.79 Å². The Morgan fingerprint density at radius 3 is 2.53 bits per heavy atom. The first-order valence-electron chi connectivity index (χ1n) is 7.24. The summed E-state index contributed by atoms with van der Waals surface area (Å²) in [4.78, 5) is 11.9. The zero-order valence-electron chi connectivity index (χ0n) is 11.9. The van der Waals surface area contributed by atoms with Crippen molar-refractivity contribution in [1.29, 1.82) is 0 Å². The van der Waals surface area contributed by atoms with Crippen molar-refractivity contribution < 1.29 is 24.5 Å². The fraction of sp³-hybridized carbons (Fsp3) is 0.929. The molecule has 0 saturated carbocycles. The molecule has 1 saturated heterocycles. The van der Waals surface area contributed by atoms with Crippen LogP contribution in [0.2, 0.25) is 0 Å². The molecule has 1 fully saturated rings.